The van der Waals surface area contributed by atoms with Crippen molar-refractivity contribution in [2.45, 2.75) is 20.0 Å². The van der Waals surface area contributed by atoms with Gasteiger partial charge in [0, 0.05) is 6.54 Å². The van der Waals surface area contributed by atoms with E-state index in [1.54, 1.807) is 0 Å². The molecule has 0 spiro atoms. The number of hydrogen-bond donors (Lipinski definition) is 0. The predicted octanol–water partition coefficient (Wildman–Crippen LogP) is 4.81. The van der Waals surface area contributed by atoms with Crippen molar-refractivity contribution in [3.63, 3.8) is 0 Å². The molecule has 0 fully saturated rings. The number of benzene rings is 2. The Bertz CT molecular complexity index is 551. The van der Waals surface area contributed by atoms with Gasteiger partial charge in [-0.25, -0.2) is 0 Å². The lowest BCUT2D eigenvalue weighted by atomic mass is 10.0. The second kappa shape index (κ2) is 10.6. The molecule has 0 unspecified atom stereocenters. The lowest BCUT2D eigenvalue weighted by molar-refractivity contribution is 0.305. The number of ether oxygens (including phenoxy) is 1. The summed E-state index contributed by atoms with van der Waals surface area (Å²) in [6.45, 7) is 10.0. The topological polar surface area (TPSA) is 12.5 Å². The van der Waals surface area contributed by atoms with Gasteiger partial charge in [0.25, 0.3) is 0 Å². The van der Waals surface area contributed by atoms with Crippen molar-refractivity contribution in [1.29, 1.82) is 0 Å². The Hall–Kier alpha value is -2.06. The first-order valence-corrected chi connectivity index (χ1v) is 8.04. The fourth-order valence-electron chi connectivity index (χ4n) is 2.59. The minimum Gasteiger partial charge on any atom is -0.489 e. The van der Waals surface area contributed by atoms with Crippen molar-refractivity contribution >= 4 is 0 Å². The molecule has 23 heavy (non-hydrogen) atoms. The maximum atomic E-state index is 5.88. The van der Waals surface area contributed by atoms with E-state index in [2.05, 4.69) is 69.4 Å². The fraction of sp³-hybridized carbons (Fsp3) is 0.333. The van der Waals surface area contributed by atoms with Crippen LogP contribution in [0.2, 0.25) is 0 Å². The normalized spacial score (nSPS) is 11.5. The van der Waals surface area contributed by atoms with E-state index in [1.807, 2.05) is 24.3 Å². The van der Waals surface area contributed by atoms with Crippen molar-refractivity contribution in [3.05, 3.63) is 78.9 Å². The molecule has 0 saturated carbocycles. The molecule has 0 N–H and O–H groups in total. The van der Waals surface area contributed by atoms with E-state index in [0.29, 0.717) is 12.5 Å². The first-order chi connectivity index (χ1) is 11.1. The molecule has 0 saturated heterocycles. The molecule has 0 aliphatic rings. The summed E-state index contributed by atoms with van der Waals surface area (Å²) in [5.74, 6) is 1.60. The molecule has 0 aliphatic heterocycles. The largest absolute Gasteiger partial charge is 0.489 e. The van der Waals surface area contributed by atoms with E-state index in [-0.39, 0.29) is 0 Å². The molecule has 0 heterocycles. The van der Waals surface area contributed by atoms with Crippen LogP contribution in [0.25, 0.3) is 0 Å². The monoisotopic (exact) mass is 311 g/mol. The van der Waals surface area contributed by atoms with Gasteiger partial charge in [0.15, 0.2) is 0 Å². The quantitative estimate of drug-likeness (QED) is 0.681. The van der Waals surface area contributed by atoms with E-state index >= 15 is 0 Å². The van der Waals surface area contributed by atoms with Gasteiger partial charge in [-0.3, -0.25) is 0 Å². The third kappa shape index (κ3) is 7.66. The summed E-state index contributed by atoms with van der Waals surface area (Å²) in [6.07, 6.45) is 1.08. The van der Waals surface area contributed by atoms with Crippen molar-refractivity contribution in [2.75, 3.05) is 20.6 Å². The molecule has 124 valence electrons. The maximum absolute atomic E-state index is 5.88. The minimum atomic E-state index is 0.623. The zero-order valence-electron chi connectivity index (χ0n) is 14.7. The third-order valence-electron chi connectivity index (χ3n) is 3.41. The molecule has 2 rings (SSSR count). The number of rotatable bonds is 7. The van der Waals surface area contributed by atoms with Crippen LogP contribution < -0.4 is 4.74 Å². The third-order valence-corrected chi connectivity index (χ3v) is 3.41. The summed E-state index contributed by atoms with van der Waals surface area (Å²) >= 11 is 0. The molecular formula is C21H29NO. The first kappa shape index (κ1) is 19.0. The Morgan fingerprint density at radius 1 is 0.957 bits per heavy atom. The lowest BCUT2D eigenvalue weighted by Gasteiger charge is -2.17. The zero-order valence-corrected chi connectivity index (χ0v) is 14.7. The van der Waals surface area contributed by atoms with Crippen LogP contribution in [0.1, 0.15) is 18.1 Å². The maximum Gasteiger partial charge on any atom is 0.120 e. The standard InChI is InChI=1S/C19H25NO.C2H4/c1-16(14-20(2)3)12-18-10-7-11-19(13-18)21-15-17-8-5-4-6-9-17;1-2/h4-11,13,16H,12,14-15H2,1-3H3;1-2H2/t16-;/m1./s1. The van der Waals surface area contributed by atoms with Gasteiger partial charge in [0.05, 0.1) is 0 Å². The van der Waals surface area contributed by atoms with Gasteiger partial charge in [0.1, 0.15) is 12.4 Å². The van der Waals surface area contributed by atoms with Gasteiger partial charge in [-0.2, -0.15) is 0 Å². The van der Waals surface area contributed by atoms with Gasteiger partial charge in [0.2, 0.25) is 0 Å². The first-order valence-electron chi connectivity index (χ1n) is 8.04. The molecule has 1 atom stereocenters. The highest BCUT2D eigenvalue weighted by Gasteiger charge is 2.06. The Balaban J connectivity index is 0.00000127. The summed E-state index contributed by atoms with van der Waals surface area (Å²) < 4.78 is 5.88. The summed E-state index contributed by atoms with van der Waals surface area (Å²) in [7, 11) is 4.24. The lowest BCUT2D eigenvalue weighted by Crippen LogP contribution is -2.21. The van der Waals surface area contributed by atoms with Crippen LogP contribution in [0, 0.1) is 5.92 Å². The van der Waals surface area contributed by atoms with E-state index in [4.69, 9.17) is 4.74 Å². The van der Waals surface area contributed by atoms with Crippen molar-refractivity contribution in [1.82, 2.24) is 4.90 Å². The molecule has 2 heteroatoms. The van der Waals surface area contributed by atoms with Crippen LogP contribution in [-0.2, 0) is 13.0 Å². The highest BCUT2D eigenvalue weighted by Crippen LogP contribution is 2.18. The fourth-order valence-corrected chi connectivity index (χ4v) is 2.59. The van der Waals surface area contributed by atoms with Crippen LogP contribution in [-0.4, -0.2) is 25.5 Å². The number of hydrogen-bond acceptors (Lipinski definition) is 2. The van der Waals surface area contributed by atoms with Crippen LogP contribution in [0.15, 0.2) is 67.8 Å². The smallest absolute Gasteiger partial charge is 0.120 e. The van der Waals surface area contributed by atoms with Crippen molar-refractivity contribution in [2.24, 2.45) is 5.92 Å². The Kier molecular flexibility index (Phi) is 8.78. The molecule has 0 radical (unpaired) electrons. The van der Waals surface area contributed by atoms with Gasteiger partial charge in [-0.05, 0) is 49.7 Å². The van der Waals surface area contributed by atoms with Gasteiger partial charge >= 0.3 is 0 Å². The average Bonchev–Trinajstić information content (AvgIpc) is 2.55. The Labute approximate surface area is 141 Å². The minimum absolute atomic E-state index is 0.623. The van der Waals surface area contributed by atoms with E-state index in [0.717, 1.165) is 18.7 Å². The average molecular weight is 311 g/mol. The molecule has 0 bridgehead atoms. The van der Waals surface area contributed by atoms with Gasteiger partial charge < -0.3 is 9.64 Å². The molecule has 2 aromatic rings. The van der Waals surface area contributed by atoms with Crippen LogP contribution in [0.3, 0.4) is 0 Å². The van der Waals surface area contributed by atoms with E-state index < -0.39 is 0 Å². The van der Waals surface area contributed by atoms with E-state index in [9.17, 15) is 0 Å². The predicted molar refractivity (Wildman–Crippen MR) is 99.9 cm³/mol. The molecule has 0 aliphatic carbocycles. The van der Waals surface area contributed by atoms with Crippen LogP contribution in [0.5, 0.6) is 5.75 Å². The summed E-state index contributed by atoms with van der Waals surface area (Å²) in [5, 5.41) is 0. The van der Waals surface area contributed by atoms with Crippen molar-refractivity contribution < 1.29 is 4.74 Å². The second-order valence-corrected chi connectivity index (χ2v) is 5.99. The SMILES string of the molecule is C=C.C[C@H](Cc1cccc(OCc2ccccc2)c1)CN(C)C. The van der Waals surface area contributed by atoms with E-state index in [1.165, 1.54) is 11.1 Å². The molecule has 2 aromatic carbocycles. The van der Waals surface area contributed by atoms with Gasteiger partial charge in [-0.1, -0.05) is 49.4 Å². The summed E-state index contributed by atoms with van der Waals surface area (Å²) in [4.78, 5) is 2.24. The zero-order chi connectivity index (χ0) is 17.1. The second-order valence-electron chi connectivity index (χ2n) is 5.99. The van der Waals surface area contributed by atoms with Gasteiger partial charge in [-0.15, -0.1) is 13.2 Å². The molecule has 2 nitrogen and oxygen atoms in total. The molecular weight excluding hydrogens is 282 g/mol. The van der Waals surface area contributed by atoms with Crippen molar-refractivity contribution in [3.8, 4) is 5.75 Å². The molecule has 0 aromatic heterocycles. The summed E-state index contributed by atoms with van der Waals surface area (Å²) in [5.41, 5.74) is 2.54. The molecule has 0 amide bonds. The Morgan fingerprint density at radius 3 is 2.26 bits per heavy atom. The Morgan fingerprint density at radius 2 is 1.61 bits per heavy atom. The highest BCUT2D eigenvalue weighted by molar-refractivity contribution is 5.29. The van der Waals surface area contributed by atoms with Crippen LogP contribution >= 0.6 is 0 Å². The summed E-state index contributed by atoms with van der Waals surface area (Å²) in [6, 6.07) is 18.7. The number of nitrogens with zero attached hydrogens (tertiary/aromatic N) is 1. The highest BCUT2D eigenvalue weighted by atomic mass is 16.5. The van der Waals surface area contributed by atoms with Crippen LogP contribution in [0.4, 0.5) is 0 Å².